The molecule has 0 aromatic heterocycles. The van der Waals surface area contributed by atoms with Gasteiger partial charge in [0.25, 0.3) is 0 Å². The van der Waals surface area contributed by atoms with Gasteiger partial charge >= 0.3 is 0 Å². The lowest BCUT2D eigenvalue weighted by Crippen LogP contribution is -2.40. The van der Waals surface area contributed by atoms with Gasteiger partial charge in [-0.25, -0.2) is 0 Å². The molecule has 6 nitrogen and oxygen atoms in total. The molecule has 1 unspecified atom stereocenters. The Hall–Kier alpha value is -1.95. The van der Waals surface area contributed by atoms with Crippen molar-refractivity contribution in [2.45, 2.75) is 53.0 Å². The van der Waals surface area contributed by atoms with Crippen LogP contribution in [0.25, 0.3) is 0 Å². The van der Waals surface area contributed by atoms with Crippen LogP contribution in [0.4, 0.5) is 0 Å². The predicted molar refractivity (Wildman–Crippen MR) is 121 cm³/mol. The van der Waals surface area contributed by atoms with Crippen LogP contribution in [0.15, 0.2) is 23.2 Å². The fourth-order valence-corrected chi connectivity index (χ4v) is 3.81. The Labute approximate surface area is 177 Å². The van der Waals surface area contributed by atoms with Gasteiger partial charge in [0.2, 0.25) is 0 Å². The number of benzene rings is 1. The highest BCUT2D eigenvalue weighted by Crippen LogP contribution is 2.30. The van der Waals surface area contributed by atoms with E-state index in [0.717, 1.165) is 35.5 Å². The zero-order valence-corrected chi connectivity index (χ0v) is 19.0. The summed E-state index contributed by atoms with van der Waals surface area (Å²) in [5.41, 5.74) is 1.15. The van der Waals surface area contributed by atoms with Gasteiger partial charge in [-0.3, -0.25) is 4.99 Å². The second-order valence-electron chi connectivity index (χ2n) is 7.60. The molecule has 1 aliphatic rings. The fraction of sp³-hybridized carbons (Fsp3) is 0.696. The van der Waals surface area contributed by atoms with E-state index in [2.05, 4.69) is 46.5 Å². The molecule has 1 aromatic carbocycles. The van der Waals surface area contributed by atoms with Crippen LogP contribution in [-0.4, -0.2) is 57.3 Å². The number of hydrogen-bond donors (Lipinski definition) is 2. The van der Waals surface area contributed by atoms with Crippen molar-refractivity contribution >= 4 is 5.96 Å². The van der Waals surface area contributed by atoms with Crippen molar-refractivity contribution in [1.29, 1.82) is 0 Å². The quantitative estimate of drug-likeness (QED) is 0.458. The summed E-state index contributed by atoms with van der Waals surface area (Å²) in [6.07, 6.45) is 3.82. The van der Waals surface area contributed by atoms with Crippen LogP contribution in [0.1, 0.15) is 58.6 Å². The molecule has 1 heterocycles. The van der Waals surface area contributed by atoms with E-state index in [1.54, 1.807) is 0 Å². The number of hydrogen-bond acceptors (Lipinski definition) is 4. The molecular weight excluding hydrogens is 364 g/mol. The van der Waals surface area contributed by atoms with Gasteiger partial charge in [-0.1, -0.05) is 13.0 Å². The Morgan fingerprint density at radius 1 is 1.14 bits per heavy atom. The molecule has 6 heteroatoms. The monoisotopic (exact) mass is 404 g/mol. The summed E-state index contributed by atoms with van der Waals surface area (Å²) in [6, 6.07) is 6.24. The van der Waals surface area contributed by atoms with Crippen LogP contribution in [0.2, 0.25) is 0 Å². The molecular formula is C23H40N4O2. The van der Waals surface area contributed by atoms with Crippen molar-refractivity contribution in [2.24, 2.45) is 10.9 Å². The van der Waals surface area contributed by atoms with Crippen molar-refractivity contribution in [3.63, 3.8) is 0 Å². The van der Waals surface area contributed by atoms with Crippen LogP contribution < -0.4 is 20.1 Å². The molecule has 0 radical (unpaired) electrons. The van der Waals surface area contributed by atoms with E-state index in [9.17, 15) is 0 Å². The van der Waals surface area contributed by atoms with E-state index in [4.69, 9.17) is 9.47 Å². The molecule has 2 N–H and O–H groups in total. The summed E-state index contributed by atoms with van der Waals surface area (Å²) in [4.78, 5) is 6.94. The minimum atomic E-state index is 0.115. The largest absolute Gasteiger partial charge is 0.490 e. The van der Waals surface area contributed by atoms with E-state index >= 15 is 0 Å². The molecule has 0 amide bonds. The van der Waals surface area contributed by atoms with Gasteiger partial charge < -0.3 is 25.0 Å². The molecule has 1 atom stereocenters. The summed E-state index contributed by atoms with van der Waals surface area (Å²) < 4.78 is 11.4. The van der Waals surface area contributed by atoms with Gasteiger partial charge in [-0.15, -0.1) is 0 Å². The van der Waals surface area contributed by atoms with Crippen molar-refractivity contribution < 1.29 is 9.47 Å². The first kappa shape index (κ1) is 23.3. The molecule has 164 valence electrons. The predicted octanol–water partition coefficient (Wildman–Crippen LogP) is 3.83. The summed E-state index contributed by atoms with van der Waals surface area (Å²) in [6.45, 7) is 14.2. The maximum Gasteiger partial charge on any atom is 0.191 e. The number of ether oxygens (including phenoxy) is 2. The summed E-state index contributed by atoms with van der Waals surface area (Å²) in [5.74, 6) is 3.25. The third kappa shape index (κ3) is 7.42. The summed E-state index contributed by atoms with van der Waals surface area (Å²) in [7, 11) is 1.82. The van der Waals surface area contributed by atoms with Crippen molar-refractivity contribution in [2.75, 3.05) is 46.4 Å². The first-order valence-electron chi connectivity index (χ1n) is 11.2. The highest BCUT2D eigenvalue weighted by atomic mass is 16.5. The van der Waals surface area contributed by atoms with E-state index in [0.29, 0.717) is 13.2 Å². The Morgan fingerprint density at radius 3 is 2.45 bits per heavy atom. The highest BCUT2D eigenvalue weighted by Gasteiger charge is 2.18. The molecule has 0 spiro atoms. The molecule has 0 aliphatic carbocycles. The van der Waals surface area contributed by atoms with Crippen LogP contribution in [-0.2, 0) is 0 Å². The first-order chi connectivity index (χ1) is 14.1. The topological polar surface area (TPSA) is 58.1 Å². The second kappa shape index (κ2) is 12.6. The van der Waals surface area contributed by atoms with Gasteiger partial charge in [0.05, 0.1) is 19.3 Å². The minimum Gasteiger partial charge on any atom is -0.490 e. The maximum absolute atomic E-state index is 5.76. The van der Waals surface area contributed by atoms with E-state index in [-0.39, 0.29) is 6.04 Å². The molecule has 1 aromatic rings. The molecule has 1 saturated heterocycles. The van der Waals surface area contributed by atoms with Crippen LogP contribution in [0, 0.1) is 5.92 Å². The zero-order chi connectivity index (χ0) is 21.1. The van der Waals surface area contributed by atoms with Crippen molar-refractivity contribution in [3.05, 3.63) is 23.8 Å². The zero-order valence-electron chi connectivity index (χ0n) is 19.0. The lowest BCUT2D eigenvalue weighted by molar-refractivity contribution is 0.187. The number of piperidine rings is 1. The normalized spacial score (nSPS) is 17.1. The standard InChI is InChI=1S/C23H40N4O2/c1-6-27-15-12-19(13-16-27)11-14-25-23(24-5)26-18(4)20-9-10-21(28-7-2)22(17-20)29-8-3/h9-10,17-19H,6-8,11-16H2,1-5H3,(H2,24,25,26). The Bertz CT molecular complexity index is 627. The summed E-state index contributed by atoms with van der Waals surface area (Å²) in [5, 5.41) is 6.98. The van der Waals surface area contributed by atoms with E-state index < -0.39 is 0 Å². The van der Waals surface area contributed by atoms with E-state index in [1.807, 2.05) is 27.0 Å². The number of nitrogens with one attached hydrogen (secondary N) is 2. The number of rotatable bonds is 10. The third-order valence-corrected chi connectivity index (χ3v) is 5.64. The molecule has 0 bridgehead atoms. The number of aliphatic imine (C=N–C) groups is 1. The highest BCUT2D eigenvalue weighted by molar-refractivity contribution is 5.80. The number of likely N-dealkylation sites (tertiary alicyclic amines) is 1. The SMILES string of the molecule is CCOc1ccc(C(C)NC(=NC)NCCC2CCN(CC)CC2)cc1OCC. The van der Waals surface area contributed by atoms with Gasteiger partial charge in [-0.05, 0) is 83.3 Å². The molecule has 29 heavy (non-hydrogen) atoms. The maximum atomic E-state index is 5.76. The van der Waals surface area contributed by atoms with Crippen LogP contribution in [0.5, 0.6) is 11.5 Å². The minimum absolute atomic E-state index is 0.115. The molecule has 1 aliphatic heterocycles. The number of guanidine groups is 1. The van der Waals surface area contributed by atoms with Crippen LogP contribution >= 0.6 is 0 Å². The molecule has 1 fully saturated rings. The van der Waals surface area contributed by atoms with Crippen LogP contribution in [0.3, 0.4) is 0 Å². The molecule has 2 rings (SSSR count). The Balaban J connectivity index is 1.84. The smallest absolute Gasteiger partial charge is 0.191 e. The average Bonchev–Trinajstić information content (AvgIpc) is 2.75. The van der Waals surface area contributed by atoms with Gasteiger partial charge in [0, 0.05) is 13.6 Å². The van der Waals surface area contributed by atoms with Crippen molar-refractivity contribution in [1.82, 2.24) is 15.5 Å². The lowest BCUT2D eigenvalue weighted by Gasteiger charge is -2.31. The fourth-order valence-electron chi connectivity index (χ4n) is 3.81. The van der Waals surface area contributed by atoms with Gasteiger partial charge in [-0.2, -0.15) is 0 Å². The van der Waals surface area contributed by atoms with Crippen molar-refractivity contribution in [3.8, 4) is 11.5 Å². The van der Waals surface area contributed by atoms with Gasteiger partial charge in [0.1, 0.15) is 0 Å². The van der Waals surface area contributed by atoms with E-state index in [1.165, 1.54) is 38.9 Å². The first-order valence-corrected chi connectivity index (χ1v) is 11.2. The Kier molecular flexibility index (Phi) is 10.1. The average molecular weight is 405 g/mol. The molecule has 0 saturated carbocycles. The number of nitrogens with zero attached hydrogens (tertiary/aromatic N) is 2. The second-order valence-corrected chi connectivity index (χ2v) is 7.60. The lowest BCUT2D eigenvalue weighted by atomic mass is 9.93. The third-order valence-electron chi connectivity index (χ3n) is 5.64. The van der Waals surface area contributed by atoms with Gasteiger partial charge in [0.15, 0.2) is 17.5 Å². The Morgan fingerprint density at radius 2 is 1.83 bits per heavy atom. The summed E-state index contributed by atoms with van der Waals surface area (Å²) >= 11 is 0.